The van der Waals surface area contributed by atoms with E-state index in [-0.39, 0.29) is 10.9 Å². The maximum Gasteiger partial charge on any atom is 0.303 e. The summed E-state index contributed by atoms with van der Waals surface area (Å²) in [7, 11) is 0. The summed E-state index contributed by atoms with van der Waals surface area (Å²) in [5.74, 6) is -5.05. The minimum Gasteiger partial charge on any atom is -0.483 e. The first kappa shape index (κ1) is 18.5. The Bertz CT molecular complexity index is 632. The summed E-state index contributed by atoms with van der Waals surface area (Å²) in [6.45, 7) is -0.782. The van der Waals surface area contributed by atoms with Crippen LogP contribution in [0.15, 0.2) is 17.2 Å². The molecule has 0 bridgehead atoms. The second-order valence-electron chi connectivity index (χ2n) is 5.58. The number of hydrazone groups is 1. The van der Waals surface area contributed by atoms with Crippen LogP contribution in [-0.4, -0.2) is 42.3 Å². The van der Waals surface area contributed by atoms with Crippen LogP contribution in [0.1, 0.15) is 18.9 Å². The number of benzene rings is 1. The minimum absolute atomic E-state index is 0.123. The number of alkyl halides is 2. The summed E-state index contributed by atoms with van der Waals surface area (Å²) < 4.78 is 44.9. The highest BCUT2D eigenvalue weighted by Gasteiger charge is 2.30. The van der Waals surface area contributed by atoms with E-state index in [1.807, 2.05) is 6.92 Å². The SMILES string of the molecule is CC1CC(C=O)NN=C1c1cc(F)c(OCC(F)(F)CO)c(Cl)c1. The minimum atomic E-state index is -3.50. The lowest BCUT2D eigenvalue weighted by atomic mass is 9.91. The largest absolute Gasteiger partial charge is 0.483 e. The molecule has 9 heteroatoms. The molecule has 132 valence electrons. The van der Waals surface area contributed by atoms with Crippen molar-refractivity contribution in [1.29, 1.82) is 0 Å². The molecule has 5 nitrogen and oxygen atoms in total. The lowest BCUT2D eigenvalue weighted by Gasteiger charge is -2.25. The van der Waals surface area contributed by atoms with Crippen LogP contribution in [0, 0.1) is 11.7 Å². The van der Waals surface area contributed by atoms with Gasteiger partial charge in [-0.05, 0) is 18.6 Å². The van der Waals surface area contributed by atoms with E-state index in [2.05, 4.69) is 10.5 Å². The van der Waals surface area contributed by atoms with Crippen LogP contribution in [0.2, 0.25) is 5.02 Å². The molecule has 0 spiro atoms. The Kier molecular flexibility index (Phi) is 5.71. The number of rotatable bonds is 6. The maximum absolute atomic E-state index is 14.2. The van der Waals surface area contributed by atoms with Crippen molar-refractivity contribution in [2.75, 3.05) is 13.2 Å². The number of aliphatic hydroxyl groups is 1. The summed E-state index contributed by atoms with van der Waals surface area (Å²) >= 11 is 5.93. The molecule has 0 fully saturated rings. The monoisotopic (exact) mass is 364 g/mol. The van der Waals surface area contributed by atoms with E-state index in [9.17, 15) is 18.0 Å². The third kappa shape index (κ3) is 4.18. The number of carbonyl (C=O) groups excluding carboxylic acids is 1. The molecule has 0 saturated heterocycles. The molecule has 0 aliphatic carbocycles. The van der Waals surface area contributed by atoms with Gasteiger partial charge < -0.3 is 14.6 Å². The number of nitrogens with one attached hydrogen (secondary N) is 1. The fourth-order valence-corrected chi connectivity index (χ4v) is 2.57. The molecule has 1 aliphatic heterocycles. The molecule has 2 atom stereocenters. The van der Waals surface area contributed by atoms with Crippen molar-refractivity contribution in [3.05, 3.63) is 28.5 Å². The molecule has 0 aromatic heterocycles. The van der Waals surface area contributed by atoms with Gasteiger partial charge in [-0.2, -0.15) is 5.10 Å². The molecule has 0 saturated carbocycles. The molecule has 1 aromatic carbocycles. The van der Waals surface area contributed by atoms with Crippen LogP contribution < -0.4 is 10.2 Å². The van der Waals surface area contributed by atoms with E-state index in [1.165, 1.54) is 6.07 Å². The van der Waals surface area contributed by atoms with Gasteiger partial charge in [0.2, 0.25) is 0 Å². The van der Waals surface area contributed by atoms with Crippen molar-refractivity contribution in [3.8, 4) is 5.75 Å². The van der Waals surface area contributed by atoms with Gasteiger partial charge in [-0.25, -0.2) is 13.2 Å². The average molecular weight is 365 g/mol. The Morgan fingerprint density at radius 1 is 1.54 bits per heavy atom. The number of halogens is 4. The summed E-state index contributed by atoms with van der Waals surface area (Å²) in [6.07, 6.45) is 1.23. The normalized spacial score (nSPS) is 21.0. The highest BCUT2D eigenvalue weighted by Crippen LogP contribution is 2.32. The lowest BCUT2D eigenvalue weighted by molar-refractivity contribution is -0.109. The van der Waals surface area contributed by atoms with Gasteiger partial charge >= 0.3 is 5.92 Å². The predicted molar refractivity (Wildman–Crippen MR) is 82.2 cm³/mol. The molecule has 2 rings (SSSR count). The Morgan fingerprint density at radius 2 is 2.25 bits per heavy atom. The lowest BCUT2D eigenvalue weighted by Crippen LogP contribution is -2.37. The zero-order chi connectivity index (χ0) is 17.9. The number of hydrogen-bond donors (Lipinski definition) is 2. The van der Waals surface area contributed by atoms with Gasteiger partial charge in [0.1, 0.15) is 12.9 Å². The van der Waals surface area contributed by atoms with Crippen LogP contribution in [0.3, 0.4) is 0 Å². The summed E-state index contributed by atoms with van der Waals surface area (Å²) in [5.41, 5.74) is 3.52. The molecule has 0 amide bonds. The molecule has 1 aromatic rings. The van der Waals surface area contributed by atoms with Crippen molar-refractivity contribution in [1.82, 2.24) is 5.43 Å². The van der Waals surface area contributed by atoms with Crippen molar-refractivity contribution in [2.45, 2.75) is 25.3 Å². The first-order valence-corrected chi connectivity index (χ1v) is 7.54. The average Bonchev–Trinajstić information content (AvgIpc) is 2.53. The quantitative estimate of drug-likeness (QED) is 0.760. The number of ether oxygens (including phenoxy) is 1. The van der Waals surface area contributed by atoms with Crippen LogP contribution >= 0.6 is 11.6 Å². The highest BCUT2D eigenvalue weighted by atomic mass is 35.5. The molecule has 2 unspecified atom stereocenters. The number of carbonyl (C=O) groups is 1. The van der Waals surface area contributed by atoms with Gasteiger partial charge in [0.15, 0.2) is 18.2 Å². The van der Waals surface area contributed by atoms with E-state index >= 15 is 0 Å². The second kappa shape index (κ2) is 7.40. The molecule has 0 radical (unpaired) electrons. The standard InChI is InChI=1S/C15H16ClF3N2O3/c1-8-2-10(5-22)20-21-13(8)9-3-11(16)14(12(17)4-9)24-7-15(18,19)6-23/h3-5,8,10,20,23H,2,6-7H2,1H3. The van der Waals surface area contributed by atoms with Crippen molar-refractivity contribution >= 4 is 23.6 Å². The predicted octanol–water partition coefficient (Wildman–Crippen LogP) is 2.39. The van der Waals surface area contributed by atoms with Gasteiger partial charge in [0.05, 0.1) is 16.8 Å². The zero-order valence-electron chi connectivity index (χ0n) is 12.7. The third-order valence-corrected chi connectivity index (χ3v) is 3.82. The number of hydrogen-bond acceptors (Lipinski definition) is 5. The molecule has 1 aliphatic rings. The fourth-order valence-electron chi connectivity index (χ4n) is 2.31. The molecule has 2 N–H and O–H groups in total. The second-order valence-corrected chi connectivity index (χ2v) is 5.98. The highest BCUT2D eigenvalue weighted by molar-refractivity contribution is 6.32. The third-order valence-electron chi connectivity index (χ3n) is 3.54. The first-order chi connectivity index (χ1) is 11.3. The Balaban J connectivity index is 2.24. The van der Waals surface area contributed by atoms with E-state index in [4.69, 9.17) is 21.4 Å². The first-order valence-electron chi connectivity index (χ1n) is 7.16. The molecule has 24 heavy (non-hydrogen) atoms. The number of nitrogens with zero attached hydrogens (tertiary/aromatic N) is 1. The van der Waals surface area contributed by atoms with Gasteiger partial charge in [-0.3, -0.25) is 5.43 Å². The zero-order valence-corrected chi connectivity index (χ0v) is 13.5. The molecular weight excluding hydrogens is 349 g/mol. The van der Waals surface area contributed by atoms with E-state index in [0.29, 0.717) is 17.7 Å². The summed E-state index contributed by atoms with van der Waals surface area (Å²) in [4.78, 5) is 10.8. The van der Waals surface area contributed by atoms with Gasteiger partial charge in [0, 0.05) is 11.5 Å². The molecule has 1 heterocycles. The van der Waals surface area contributed by atoms with Crippen LogP contribution in [0.25, 0.3) is 0 Å². The van der Waals surface area contributed by atoms with Gasteiger partial charge in [0.25, 0.3) is 0 Å². The molecular formula is C15H16ClF3N2O3. The van der Waals surface area contributed by atoms with Crippen molar-refractivity contribution in [3.63, 3.8) is 0 Å². The van der Waals surface area contributed by atoms with E-state index < -0.39 is 36.7 Å². The Morgan fingerprint density at radius 3 is 2.79 bits per heavy atom. The van der Waals surface area contributed by atoms with Gasteiger partial charge in [-0.15, -0.1) is 0 Å². The Labute approximate surface area is 141 Å². The van der Waals surface area contributed by atoms with Gasteiger partial charge in [-0.1, -0.05) is 18.5 Å². The summed E-state index contributed by atoms with van der Waals surface area (Å²) in [6, 6.07) is 2.03. The fraction of sp³-hybridized carbons (Fsp3) is 0.467. The van der Waals surface area contributed by atoms with E-state index in [1.54, 1.807) is 0 Å². The maximum atomic E-state index is 14.2. The van der Waals surface area contributed by atoms with E-state index in [0.717, 1.165) is 12.4 Å². The summed E-state index contributed by atoms with van der Waals surface area (Å²) in [5, 5.41) is 12.4. The Hall–Kier alpha value is -1.80. The van der Waals surface area contributed by atoms with Crippen molar-refractivity contribution < 1.29 is 27.8 Å². The van der Waals surface area contributed by atoms with Crippen LogP contribution in [-0.2, 0) is 4.79 Å². The van der Waals surface area contributed by atoms with Crippen LogP contribution in [0.5, 0.6) is 5.75 Å². The topological polar surface area (TPSA) is 70.9 Å². The number of aliphatic hydroxyl groups excluding tert-OH is 1. The smallest absolute Gasteiger partial charge is 0.303 e. The van der Waals surface area contributed by atoms with Crippen LogP contribution in [0.4, 0.5) is 13.2 Å². The van der Waals surface area contributed by atoms with Crippen molar-refractivity contribution in [2.24, 2.45) is 11.0 Å². The number of aldehydes is 1.